The van der Waals surface area contributed by atoms with E-state index >= 15 is 0 Å². The van der Waals surface area contributed by atoms with E-state index in [-0.39, 0.29) is 18.1 Å². The second kappa shape index (κ2) is 6.30. The summed E-state index contributed by atoms with van der Waals surface area (Å²) in [5, 5.41) is 9.14. The highest BCUT2D eigenvalue weighted by atomic mass is 16.5. The number of carbonyl (C=O) groups excluding carboxylic acids is 1. The van der Waals surface area contributed by atoms with E-state index in [1.54, 1.807) is 34.6 Å². The Bertz CT molecular complexity index is 298. The van der Waals surface area contributed by atoms with Crippen molar-refractivity contribution in [2.24, 2.45) is 11.8 Å². The average Bonchev–Trinajstić information content (AvgIpc) is 2.11. The lowest BCUT2D eigenvalue weighted by Crippen LogP contribution is -2.28. The minimum Gasteiger partial charge on any atom is -0.481 e. The number of hydrogen-bond acceptors (Lipinski definition) is 3. The Morgan fingerprint density at radius 1 is 1.25 bits per heavy atom. The fraction of sp³-hybridized carbons (Fsp3) is 0.667. The quantitative estimate of drug-likeness (QED) is 0.579. The molecule has 0 spiro atoms. The van der Waals surface area contributed by atoms with Crippen LogP contribution in [0.15, 0.2) is 11.1 Å². The summed E-state index contributed by atoms with van der Waals surface area (Å²) in [5.41, 5.74) is 0.962. The standard InChI is InChI=1S/C12H20O4/c1-6-16-12(15)10(8(4)5)9(7(2)3)11(13)14/h7,9H,6H2,1-5H3,(H,13,14). The highest BCUT2D eigenvalue weighted by Crippen LogP contribution is 2.25. The summed E-state index contributed by atoms with van der Waals surface area (Å²) in [6, 6.07) is 0. The first kappa shape index (κ1) is 14.7. The van der Waals surface area contributed by atoms with Crippen LogP contribution in [0.5, 0.6) is 0 Å². The summed E-state index contributed by atoms with van der Waals surface area (Å²) in [4.78, 5) is 22.8. The van der Waals surface area contributed by atoms with Gasteiger partial charge in [-0.1, -0.05) is 19.4 Å². The Hall–Kier alpha value is -1.32. The van der Waals surface area contributed by atoms with E-state index in [0.29, 0.717) is 5.57 Å². The van der Waals surface area contributed by atoms with Crippen molar-refractivity contribution in [1.82, 2.24) is 0 Å². The zero-order valence-corrected chi connectivity index (χ0v) is 10.5. The molecule has 0 fully saturated rings. The SMILES string of the molecule is CCOC(=O)C(=C(C)C)C(C(=O)O)C(C)C. The highest BCUT2D eigenvalue weighted by Gasteiger charge is 2.31. The van der Waals surface area contributed by atoms with E-state index < -0.39 is 17.9 Å². The summed E-state index contributed by atoms with van der Waals surface area (Å²) in [6.07, 6.45) is 0. The van der Waals surface area contributed by atoms with E-state index in [9.17, 15) is 9.59 Å². The Morgan fingerprint density at radius 2 is 1.75 bits per heavy atom. The molecule has 1 unspecified atom stereocenters. The van der Waals surface area contributed by atoms with E-state index in [2.05, 4.69) is 0 Å². The molecular weight excluding hydrogens is 208 g/mol. The van der Waals surface area contributed by atoms with E-state index in [4.69, 9.17) is 9.84 Å². The molecule has 0 heterocycles. The van der Waals surface area contributed by atoms with Crippen molar-refractivity contribution in [2.75, 3.05) is 6.61 Å². The molecule has 0 bridgehead atoms. The molecule has 0 amide bonds. The minimum absolute atomic E-state index is 0.146. The van der Waals surface area contributed by atoms with Crippen LogP contribution < -0.4 is 0 Å². The predicted octanol–water partition coefficient (Wildman–Crippen LogP) is 2.24. The number of carboxylic acid groups (broad SMARTS) is 1. The molecular formula is C12H20O4. The lowest BCUT2D eigenvalue weighted by molar-refractivity contribution is -0.147. The van der Waals surface area contributed by atoms with Gasteiger partial charge in [-0.25, -0.2) is 4.79 Å². The largest absolute Gasteiger partial charge is 0.481 e. The number of rotatable bonds is 5. The van der Waals surface area contributed by atoms with Crippen molar-refractivity contribution in [3.63, 3.8) is 0 Å². The van der Waals surface area contributed by atoms with Gasteiger partial charge in [-0.3, -0.25) is 4.79 Å². The van der Waals surface area contributed by atoms with Gasteiger partial charge in [0.2, 0.25) is 0 Å². The number of carbonyl (C=O) groups is 2. The molecule has 4 heteroatoms. The van der Waals surface area contributed by atoms with Gasteiger partial charge in [0, 0.05) is 0 Å². The molecule has 1 atom stereocenters. The van der Waals surface area contributed by atoms with Crippen LogP contribution in [-0.4, -0.2) is 23.7 Å². The Labute approximate surface area is 96.3 Å². The van der Waals surface area contributed by atoms with Crippen molar-refractivity contribution in [3.8, 4) is 0 Å². The lowest BCUT2D eigenvalue weighted by Gasteiger charge is -2.20. The van der Waals surface area contributed by atoms with Gasteiger partial charge in [0.05, 0.1) is 18.1 Å². The zero-order chi connectivity index (χ0) is 12.9. The molecule has 0 aromatic heterocycles. The number of allylic oxidation sites excluding steroid dienone is 1. The molecule has 92 valence electrons. The summed E-state index contributed by atoms with van der Waals surface area (Å²) in [7, 11) is 0. The van der Waals surface area contributed by atoms with Gasteiger partial charge in [0.15, 0.2) is 0 Å². The van der Waals surface area contributed by atoms with Crippen LogP contribution >= 0.6 is 0 Å². The monoisotopic (exact) mass is 228 g/mol. The number of ether oxygens (including phenoxy) is 1. The van der Waals surface area contributed by atoms with Crippen LogP contribution in [0.3, 0.4) is 0 Å². The van der Waals surface area contributed by atoms with Crippen molar-refractivity contribution in [1.29, 1.82) is 0 Å². The maximum atomic E-state index is 11.7. The Kier molecular flexibility index (Phi) is 5.78. The molecule has 16 heavy (non-hydrogen) atoms. The highest BCUT2D eigenvalue weighted by molar-refractivity contribution is 5.95. The summed E-state index contributed by atoms with van der Waals surface area (Å²) >= 11 is 0. The third-order valence-corrected chi connectivity index (χ3v) is 2.28. The zero-order valence-electron chi connectivity index (χ0n) is 10.5. The maximum absolute atomic E-state index is 11.7. The molecule has 1 N–H and O–H groups in total. The third-order valence-electron chi connectivity index (χ3n) is 2.28. The fourth-order valence-electron chi connectivity index (χ4n) is 1.59. The number of aliphatic carboxylic acids is 1. The van der Waals surface area contributed by atoms with E-state index in [0.717, 1.165) is 0 Å². The van der Waals surface area contributed by atoms with Gasteiger partial charge in [-0.05, 0) is 26.7 Å². The first-order valence-electron chi connectivity index (χ1n) is 5.40. The van der Waals surface area contributed by atoms with Gasteiger partial charge in [-0.2, -0.15) is 0 Å². The van der Waals surface area contributed by atoms with Gasteiger partial charge < -0.3 is 9.84 Å². The molecule has 0 aromatic carbocycles. The molecule has 0 aliphatic carbocycles. The minimum atomic E-state index is -0.987. The number of carboxylic acids is 1. The third kappa shape index (κ3) is 3.68. The van der Waals surface area contributed by atoms with Crippen molar-refractivity contribution in [3.05, 3.63) is 11.1 Å². The van der Waals surface area contributed by atoms with Gasteiger partial charge >= 0.3 is 11.9 Å². The second-order valence-electron chi connectivity index (χ2n) is 4.19. The van der Waals surface area contributed by atoms with Gasteiger partial charge in [-0.15, -0.1) is 0 Å². The predicted molar refractivity (Wildman–Crippen MR) is 61.0 cm³/mol. The van der Waals surface area contributed by atoms with Crippen LogP contribution in [-0.2, 0) is 14.3 Å². The summed E-state index contributed by atoms with van der Waals surface area (Å²) in [5.74, 6) is -2.46. The van der Waals surface area contributed by atoms with Crippen LogP contribution in [0.1, 0.15) is 34.6 Å². The first-order chi connectivity index (χ1) is 7.32. The molecule has 0 radical (unpaired) electrons. The number of esters is 1. The Morgan fingerprint density at radius 3 is 2.00 bits per heavy atom. The molecule has 0 saturated heterocycles. The Balaban J connectivity index is 5.28. The van der Waals surface area contributed by atoms with Crippen LogP contribution in [0.25, 0.3) is 0 Å². The molecule has 0 aromatic rings. The fourth-order valence-corrected chi connectivity index (χ4v) is 1.59. The molecule has 0 aliphatic heterocycles. The molecule has 0 rings (SSSR count). The average molecular weight is 228 g/mol. The second-order valence-corrected chi connectivity index (χ2v) is 4.19. The lowest BCUT2D eigenvalue weighted by atomic mass is 9.86. The van der Waals surface area contributed by atoms with Crippen molar-refractivity contribution < 1.29 is 19.4 Å². The maximum Gasteiger partial charge on any atom is 0.334 e. The summed E-state index contributed by atoms with van der Waals surface area (Å²) in [6.45, 7) is 8.96. The van der Waals surface area contributed by atoms with Crippen LogP contribution in [0.4, 0.5) is 0 Å². The first-order valence-corrected chi connectivity index (χ1v) is 5.40. The van der Waals surface area contributed by atoms with Crippen molar-refractivity contribution in [2.45, 2.75) is 34.6 Å². The van der Waals surface area contributed by atoms with Crippen LogP contribution in [0.2, 0.25) is 0 Å². The molecule has 0 saturated carbocycles. The topological polar surface area (TPSA) is 63.6 Å². The van der Waals surface area contributed by atoms with Crippen molar-refractivity contribution >= 4 is 11.9 Å². The molecule has 0 aliphatic rings. The van der Waals surface area contributed by atoms with Gasteiger partial charge in [0.25, 0.3) is 0 Å². The smallest absolute Gasteiger partial charge is 0.334 e. The van der Waals surface area contributed by atoms with E-state index in [1.165, 1.54) is 0 Å². The number of hydrogen-bond donors (Lipinski definition) is 1. The van der Waals surface area contributed by atoms with E-state index in [1.807, 2.05) is 0 Å². The molecule has 4 nitrogen and oxygen atoms in total. The normalized spacial score (nSPS) is 12.1. The summed E-state index contributed by atoms with van der Waals surface area (Å²) < 4.78 is 4.89. The van der Waals surface area contributed by atoms with Crippen LogP contribution in [0, 0.1) is 11.8 Å². The van der Waals surface area contributed by atoms with Gasteiger partial charge in [0.1, 0.15) is 0 Å².